The molecular weight excluding hydrogens is 695 g/mol. The topological polar surface area (TPSA) is 110 Å². The Labute approximate surface area is 347 Å². The van der Waals surface area contributed by atoms with Crippen LogP contribution < -0.4 is 5.32 Å². The van der Waals surface area contributed by atoms with Crippen LogP contribution in [0.5, 0.6) is 0 Å². The van der Waals surface area contributed by atoms with E-state index in [-0.39, 0.29) is 0 Å². The smallest absolute Gasteiger partial charge is 0.249 e. The highest BCUT2D eigenvalue weighted by Crippen LogP contribution is 2.16. The molecule has 0 saturated carbocycles. The van der Waals surface area contributed by atoms with Gasteiger partial charge >= 0.3 is 0 Å². The monoisotopic (exact) mass is 790 g/mol. The highest BCUT2D eigenvalue weighted by molar-refractivity contribution is 5.80. The van der Waals surface area contributed by atoms with E-state index < -0.39 is 36.9 Å². The van der Waals surface area contributed by atoms with Crippen LogP contribution in [0.4, 0.5) is 0 Å². The number of allylic oxidation sites excluding steroid dienone is 6. The van der Waals surface area contributed by atoms with Crippen molar-refractivity contribution in [2.24, 2.45) is 0 Å². The van der Waals surface area contributed by atoms with Crippen LogP contribution in [0.3, 0.4) is 0 Å². The van der Waals surface area contributed by atoms with Gasteiger partial charge in [-0.25, -0.2) is 0 Å². The Morgan fingerprint density at radius 1 is 0.429 bits per heavy atom. The van der Waals surface area contributed by atoms with Crippen LogP contribution in [-0.2, 0) is 4.79 Å². The van der Waals surface area contributed by atoms with Gasteiger partial charge in [-0.3, -0.25) is 4.79 Å². The van der Waals surface area contributed by atoms with Crippen molar-refractivity contribution in [1.29, 1.82) is 0 Å². The molecule has 0 aromatic heterocycles. The highest BCUT2D eigenvalue weighted by Gasteiger charge is 2.28. The van der Waals surface area contributed by atoms with Gasteiger partial charge in [0.25, 0.3) is 0 Å². The van der Waals surface area contributed by atoms with E-state index in [0.29, 0.717) is 19.3 Å². The molecule has 6 nitrogen and oxygen atoms in total. The molecule has 1 amide bonds. The molecule has 0 aliphatic carbocycles. The average molecular weight is 790 g/mol. The zero-order valence-electron chi connectivity index (χ0n) is 37.1. The first kappa shape index (κ1) is 54.5. The minimum atomic E-state index is -1.29. The van der Waals surface area contributed by atoms with Crippen molar-refractivity contribution in [1.82, 2.24) is 5.32 Å². The van der Waals surface area contributed by atoms with E-state index in [9.17, 15) is 25.2 Å². The molecule has 5 N–H and O–H groups in total. The minimum absolute atomic E-state index is 0.360. The van der Waals surface area contributed by atoms with Gasteiger partial charge in [-0.2, -0.15) is 0 Å². The summed E-state index contributed by atoms with van der Waals surface area (Å²) < 4.78 is 0. The first-order valence-corrected chi connectivity index (χ1v) is 24.4. The summed E-state index contributed by atoms with van der Waals surface area (Å²) in [5.41, 5.74) is 0. The molecule has 0 aromatic carbocycles. The quantitative estimate of drug-likeness (QED) is 0.0312. The number of amides is 1. The second kappa shape index (κ2) is 44.6. The van der Waals surface area contributed by atoms with Crippen LogP contribution in [0.2, 0.25) is 0 Å². The molecule has 0 bridgehead atoms. The van der Waals surface area contributed by atoms with Gasteiger partial charge in [0, 0.05) is 0 Å². The van der Waals surface area contributed by atoms with Gasteiger partial charge in [0.15, 0.2) is 0 Å². The van der Waals surface area contributed by atoms with Gasteiger partial charge in [-0.1, -0.05) is 204 Å². The summed E-state index contributed by atoms with van der Waals surface area (Å²) in [4.78, 5) is 12.5. The third kappa shape index (κ3) is 38.1. The number of hydrogen-bond acceptors (Lipinski definition) is 5. The largest absolute Gasteiger partial charge is 0.394 e. The van der Waals surface area contributed by atoms with E-state index in [1.807, 2.05) is 0 Å². The first-order valence-electron chi connectivity index (χ1n) is 24.4. The van der Waals surface area contributed by atoms with Crippen LogP contribution in [0.1, 0.15) is 245 Å². The summed E-state index contributed by atoms with van der Waals surface area (Å²) in [5.74, 6) is -0.598. The van der Waals surface area contributed by atoms with Gasteiger partial charge in [-0.15, -0.1) is 0 Å². The Bertz CT molecular complexity index is 889. The van der Waals surface area contributed by atoms with E-state index >= 15 is 0 Å². The molecule has 0 saturated heterocycles. The van der Waals surface area contributed by atoms with Crippen LogP contribution in [0.15, 0.2) is 36.5 Å². The molecule has 0 aliphatic heterocycles. The number of rotatable bonds is 44. The Balaban J connectivity index is 3.64. The van der Waals surface area contributed by atoms with Gasteiger partial charge in [0.1, 0.15) is 12.2 Å². The molecule has 0 aliphatic rings. The third-order valence-electron chi connectivity index (χ3n) is 11.3. The molecule has 4 unspecified atom stereocenters. The van der Waals surface area contributed by atoms with Gasteiger partial charge in [0.2, 0.25) is 5.91 Å². The number of carbonyl (C=O) groups excluding carboxylic acids is 1. The van der Waals surface area contributed by atoms with E-state index in [1.54, 1.807) is 0 Å². The molecule has 0 heterocycles. The fourth-order valence-corrected chi connectivity index (χ4v) is 7.42. The van der Waals surface area contributed by atoms with Crippen LogP contribution >= 0.6 is 0 Å². The molecule has 6 heteroatoms. The van der Waals surface area contributed by atoms with E-state index in [0.717, 1.165) is 44.9 Å². The van der Waals surface area contributed by atoms with Crippen molar-refractivity contribution in [3.05, 3.63) is 36.5 Å². The van der Waals surface area contributed by atoms with Crippen molar-refractivity contribution in [2.45, 2.75) is 269 Å². The molecule has 0 spiro atoms. The Morgan fingerprint density at radius 2 is 0.750 bits per heavy atom. The molecule has 56 heavy (non-hydrogen) atoms. The highest BCUT2D eigenvalue weighted by atomic mass is 16.3. The summed E-state index contributed by atoms with van der Waals surface area (Å²) in [5, 5.41) is 43.6. The first-order chi connectivity index (χ1) is 27.5. The van der Waals surface area contributed by atoms with E-state index in [2.05, 4.69) is 55.6 Å². The maximum Gasteiger partial charge on any atom is 0.249 e. The lowest BCUT2D eigenvalue weighted by atomic mass is 10.00. The lowest BCUT2D eigenvalue weighted by molar-refractivity contribution is -0.132. The summed E-state index contributed by atoms with van der Waals surface area (Å²) in [6.07, 6.45) is 53.5. The van der Waals surface area contributed by atoms with Crippen LogP contribution in [0, 0.1) is 0 Å². The zero-order valence-corrected chi connectivity index (χ0v) is 37.1. The van der Waals surface area contributed by atoms with E-state index in [4.69, 9.17) is 0 Å². The Hall–Kier alpha value is -1.47. The number of unbranched alkanes of at least 4 members (excludes halogenated alkanes) is 29. The van der Waals surface area contributed by atoms with Crippen LogP contribution in [-0.4, -0.2) is 57.3 Å². The Kier molecular flexibility index (Phi) is 43.5. The summed E-state index contributed by atoms with van der Waals surface area (Å²) in [6.45, 7) is 4.01. The lowest BCUT2D eigenvalue weighted by Gasteiger charge is -2.27. The average Bonchev–Trinajstić information content (AvgIpc) is 3.20. The van der Waals surface area contributed by atoms with E-state index in [1.165, 1.54) is 167 Å². The molecule has 0 fully saturated rings. The van der Waals surface area contributed by atoms with Gasteiger partial charge in [0.05, 0.1) is 18.8 Å². The number of aliphatic hydroxyl groups is 4. The van der Waals surface area contributed by atoms with Crippen molar-refractivity contribution in [3.8, 4) is 0 Å². The molecule has 4 atom stereocenters. The molecule has 0 rings (SSSR count). The fraction of sp³-hybridized carbons (Fsp3) is 0.860. The number of aliphatic hydroxyl groups excluding tert-OH is 4. The predicted octanol–water partition coefficient (Wildman–Crippen LogP) is 13.3. The fourth-order valence-electron chi connectivity index (χ4n) is 7.42. The lowest BCUT2D eigenvalue weighted by Crippen LogP contribution is -2.53. The summed E-state index contributed by atoms with van der Waals surface area (Å²) in [7, 11) is 0. The normalized spacial score (nSPS) is 14.3. The maximum atomic E-state index is 12.5. The second-order valence-electron chi connectivity index (χ2n) is 16.8. The maximum absolute atomic E-state index is 12.5. The number of hydrogen-bond donors (Lipinski definition) is 5. The summed E-state index contributed by atoms with van der Waals surface area (Å²) in [6, 6.07) is -1.01. The van der Waals surface area contributed by atoms with Crippen molar-refractivity contribution < 1.29 is 25.2 Å². The van der Waals surface area contributed by atoms with Crippen molar-refractivity contribution in [2.75, 3.05) is 6.61 Å². The number of nitrogens with one attached hydrogen (secondary N) is 1. The van der Waals surface area contributed by atoms with Crippen LogP contribution in [0.25, 0.3) is 0 Å². The van der Waals surface area contributed by atoms with Crippen molar-refractivity contribution >= 4 is 5.91 Å². The third-order valence-corrected chi connectivity index (χ3v) is 11.3. The molecule has 0 aromatic rings. The second-order valence-corrected chi connectivity index (χ2v) is 16.8. The number of carbonyl (C=O) groups is 1. The predicted molar refractivity (Wildman–Crippen MR) is 242 cm³/mol. The molecule has 330 valence electrons. The minimum Gasteiger partial charge on any atom is -0.394 e. The molecular formula is C50H95NO5. The SMILES string of the molecule is CCCCC/C=C/CC/C=C/CCCC(O)C(O)C(CO)NC(=O)C(O)CCCCCCCCCCCCCC/C=C\CCCCCCCCCCCCCC. The molecule has 0 radical (unpaired) electrons. The van der Waals surface area contributed by atoms with Gasteiger partial charge < -0.3 is 25.7 Å². The Morgan fingerprint density at radius 3 is 1.16 bits per heavy atom. The van der Waals surface area contributed by atoms with Gasteiger partial charge in [-0.05, 0) is 77.0 Å². The zero-order chi connectivity index (χ0) is 41.0. The standard InChI is InChI=1S/C50H95NO5/c1-3-5-7-9-11-13-15-17-18-19-20-21-22-23-24-25-26-27-28-29-30-31-32-34-36-38-40-42-44-48(54)50(56)51-46(45-52)49(55)47(53)43-41-39-37-35-33-16-14-12-10-8-6-4-2/h12,14,23-24,35,37,46-49,52-55H,3-11,13,15-22,25-34,36,38-45H2,1-2H3,(H,51,56)/b14-12+,24-23-,37-35+. The summed E-state index contributed by atoms with van der Waals surface area (Å²) >= 11 is 0. The van der Waals surface area contributed by atoms with Crippen molar-refractivity contribution in [3.63, 3.8) is 0 Å².